The van der Waals surface area contributed by atoms with Gasteiger partial charge in [0, 0.05) is 31.5 Å². The molecule has 1 aliphatic heterocycles. The van der Waals surface area contributed by atoms with E-state index in [0.717, 1.165) is 25.2 Å². The molecule has 0 spiro atoms. The van der Waals surface area contributed by atoms with Crippen LogP contribution in [0.5, 0.6) is 0 Å². The van der Waals surface area contributed by atoms with E-state index in [1.807, 2.05) is 7.05 Å². The van der Waals surface area contributed by atoms with Gasteiger partial charge in [-0.1, -0.05) is 0 Å². The zero-order chi connectivity index (χ0) is 13.2. The number of aromatic amines is 1. The minimum atomic E-state index is -3.41. The van der Waals surface area contributed by atoms with Crippen molar-refractivity contribution < 1.29 is 8.42 Å². The van der Waals surface area contributed by atoms with Crippen molar-refractivity contribution in [3.05, 3.63) is 18.0 Å². The van der Waals surface area contributed by atoms with Gasteiger partial charge in [0.1, 0.15) is 0 Å². The van der Waals surface area contributed by atoms with Crippen LogP contribution in [0.1, 0.15) is 12.1 Å². The van der Waals surface area contributed by atoms with Gasteiger partial charge < -0.3 is 15.6 Å². The Labute approximate surface area is 108 Å². The second kappa shape index (κ2) is 5.40. The van der Waals surface area contributed by atoms with Gasteiger partial charge in [0.05, 0.1) is 4.90 Å². The average Bonchev–Trinajstić information content (AvgIpc) is 2.95. The third-order valence-electron chi connectivity index (χ3n) is 3.30. The van der Waals surface area contributed by atoms with Gasteiger partial charge >= 0.3 is 0 Å². The van der Waals surface area contributed by atoms with Crippen LogP contribution in [0.25, 0.3) is 0 Å². The van der Waals surface area contributed by atoms with E-state index >= 15 is 0 Å². The molecule has 6 nitrogen and oxygen atoms in total. The van der Waals surface area contributed by atoms with E-state index in [-0.39, 0.29) is 4.90 Å². The summed E-state index contributed by atoms with van der Waals surface area (Å²) in [5, 5.41) is 0. The summed E-state index contributed by atoms with van der Waals surface area (Å²) in [5.74, 6) is 0.401. The maximum absolute atomic E-state index is 12.0. The Kier molecular flexibility index (Phi) is 4.06. The molecule has 1 atom stereocenters. The molecule has 18 heavy (non-hydrogen) atoms. The van der Waals surface area contributed by atoms with E-state index in [1.54, 1.807) is 6.07 Å². The Morgan fingerprint density at radius 2 is 2.39 bits per heavy atom. The standard InChI is InChI=1S/C11H20N4O2S/c1-15-3-2-9(8-15)6-14-18(16,17)11-4-10(5-12)13-7-11/h4,7,9,13-14H,2-3,5-6,8,12H2,1H3. The highest BCUT2D eigenvalue weighted by molar-refractivity contribution is 7.89. The first-order valence-electron chi connectivity index (χ1n) is 6.07. The first-order chi connectivity index (χ1) is 8.51. The molecule has 1 aromatic rings. The van der Waals surface area contributed by atoms with E-state index in [2.05, 4.69) is 14.6 Å². The van der Waals surface area contributed by atoms with E-state index in [9.17, 15) is 8.42 Å². The van der Waals surface area contributed by atoms with Crippen LogP contribution >= 0.6 is 0 Å². The first kappa shape index (κ1) is 13.5. The largest absolute Gasteiger partial charge is 0.363 e. The van der Waals surface area contributed by atoms with Crippen LogP contribution in [0, 0.1) is 5.92 Å². The molecule has 0 bridgehead atoms. The molecule has 4 N–H and O–H groups in total. The zero-order valence-corrected chi connectivity index (χ0v) is 11.3. The Morgan fingerprint density at radius 1 is 1.61 bits per heavy atom. The second-order valence-corrected chi connectivity index (χ2v) is 6.60. The lowest BCUT2D eigenvalue weighted by Gasteiger charge is -2.11. The number of likely N-dealkylation sites (tertiary alicyclic amines) is 1. The van der Waals surface area contributed by atoms with Crippen molar-refractivity contribution >= 4 is 10.0 Å². The molecule has 1 aliphatic rings. The van der Waals surface area contributed by atoms with Crippen LogP contribution in [-0.4, -0.2) is 45.0 Å². The summed E-state index contributed by atoms with van der Waals surface area (Å²) in [6.45, 7) is 2.79. The van der Waals surface area contributed by atoms with Gasteiger partial charge in [-0.25, -0.2) is 13.1 Å². The quantitative estimate of drug-likeness (QED) is 0.686. The summed E-state index contributed by atoms with van der Waals surface area (Å²) in [6.07, 6.45) is 2.52. The van der Waals surface area contributed by atoms with Crippen molar-refractivity contribution in [3.8, 4) is 0 Å². The molecule has 102 valence electrons. The summed E-state index contributed by atoms with van der Waals surface area (Å²) in [7, 11) is -1.36. The van der Waals surface area contributed by atoms with Gasteiger partial charge in [0.2, 0.25) is 10.0 Å². The predicted octanol–water partition coefficient (Wildman–Crippen LogP) is -0.297. The van der Waals surface area contributed by atoms with Gasteiger partial charge in [-0.05, 0) is 32.0 Å². The van der Waals surface area contributed by atoms with Gasteiger partial charge in [-0.15, -0.1) is 0 Å². The second-order valence-electron chi connectivity index (χ2n) is 4.83. The molecule has 0 aromatic carbocycles. The molecule has 1 saturated heterocycles. The summed E-state index contributed by atoms with van der Waals surface area (Å²) in [4.78, 5) is 5.31. The summed E-state index contributed by atoms with van der Waals surface area (Å²) in [5.41, 5.74) is 6.16. The number of nitrogens with zero attached hydrogens (tertiary/aromatic N) is 1. The van der Waals surface area contributed by atoms with Crippen LogP contribution < -0.4 is 10.5 Å². The summed E-state index contributed by atoms with van der Waals surface area (Å²) in [6, 6.07) is 1.57. The van der Waals surface area contributed by atoms with Crippen LogP contribution in [0.15, 0.2) is 17.2 Å². The third-order valence-corrected chi connectivity index (χ3v) is 4.70. The van der Waals surface area contributed by atoms with Crippen molar-refractivity contribution in [1.29, 1.82) is 0 Å². The number of H-pyrrole nitrogens is 1. The van der Waals surface area contributed by atoms with Crippen molar-refractivity contribution in [2.45, 2.75) is 17.9 Å². The van der Waals surface area contributed by atoms with E-state index < -0.39 is 10.0 Å². The van der Waals surface area contributed by atoms with E-state index in [4.69, 9.17) is 5.73 Å². The maximum Gasteiger partial charge on any atom is 0.242 e. The van der Waals surface area contributed by atoms with Gasteiger partial charge in [-0.2, -0.15) is 0 Å². The summed E-state index contributed by atoms with van der Waals surface area (Å²) < 4.78 is 26.7. The van der Waals surface area contributed by atoms with Crippen molar-refractivity contribution in [1.82, 2.24) is 14.6 Å². The van der Waals surface area contributed by atoms with Crippen LogP contribution in [0.3, 0.4) is 0 Å². The van der Waals surface area contributed by atoms with Crippen LogP contribution in [0.2, 0.25) is 0 Å². The Morgan fingerprint density at radius 3 is 2.94 bits per heavy atom. The number of hydrogen-bond donors (Lipinski definition) is 3. The van der Waals surface area contributed by atoms with Gasteiger partial charge in [-0.3, -0.25) is 0 Å². The Bertz CT molecular complexity index is 497. The fourth-order valence-electron chi connectivity index (χ4n) is 2.20. The number of rotatable bonds is 5. The first-order valence-corrected chi connectivity index (χ1v) is 7.55. The molecule has 0 aliphatic carbocycles. The molecular formula is C11H20N4O2S. The van der Waals surface area contributed by atoms with Crippen LogP contribution in [-0.2, 0) is 16.6 Å². The minimum Gasteiger partial charge on any atom is -0.363 e. The third kappa shape index (κ3) is 3.11. The number of hydrogen-bond acceptors (Lipinski definition) is 4. The number of nitrogens with one attached hydrogen (secondary N) is 2. The Balaban J connectivity index is 1.95. The average molecular weight is 272 g/mol. The smallest absolute Gasteiger partial charge is 0.242 e. The molecule has 0 radical (unpaired) electrons. The molecule has 7 heteroatoms. The number of nitrogens with two attached hydrogens (primary N) is 1. The monoisotopic (exact) mass is 272 g/mol. The Hall–Kier alpha value is -0.890. The fourth-order valence-corrected chi connectivity index (χ4v) is 3.33. The van der Waals surface area contributed by atoms with E-state index in [0.29, 0.717) is 19.0 Å². The molecule has 2 rings (SSSR count). The van der Waals surface area contributed by atoms with Crippen LogP contribution in [0.4, 0.5) is 0 Å². The molecule has 1 fully saturated rings. The van der Waals surface area contributed by atoms with Gasteiger partial charge in [0.15, 0.2) is 0 Å². The molecule has 1 unspecified atom stereocenters. The highest BCUT2D eigenvalue weighted by Crippen LogP contribution is 2.15. The number of sulfonamides is 1. The normalized spacial score (nSPS) is 21.6. The molecule has 2 heterocycles. The highest BCUT2D eigenvalue weighted by atomic mass is 32.2. The minimum absolute atomic E-state index is 0.259. The molecular weight excluding hydrogens is 252 g/mol. The zero-order valence-electron chi connectivity index (χ0n) is 10.5. The SMILES string of the molecule is CN1CCC(CNS(=O)(=O)c2c[nH]c(CN)c2)C1. The van der Waals surface area contributed by atoms with Gasteiger partial charge in [0.25, 0.3) is 0 Å². The predicted molar refractivity (Wildman–Crippen MR) is 69.5 cm³/mol. The topological polar surface area (TPSA) is 91.2 Å². The maximum atomic E-state index is 12.0. The lowest BCUT2D eigenvalue weighted by molar-refractivity contribution is 0.394. The summed E-state index contributed by atoms with van der Waals surface area (Å²) >= 11 is 0. The molecule has 0 amide bonds. The van der Waals surface area contributed by atoms with Crippen molar-refractivity contribution in [3.63, 3.8) is 0 Å². The van der Waals surface area contributed by atoms with E-state index in [1.165, 1.54) is 6.20 Å². The lowest BCUT2D eigenvalue weighted by Crippen LogP contribution is -2.30. The fraction of sp³-hybridized carbons (Fsp3) is 0.636. The van der Waals surface area contributed by atoms with Crippen molar-refractivity contribution in [2.24, 2.45) is 11.7 Å². The lowest BCUT2D eigenvalue weighted by atomic mass is 10.1. The van der Waals surface area contributed by atoms with Crippen molar-refractivity contribution in [2.75, 3.05) is 26.7 Å². The molecule has 0 saturated carbocycles. The molecule has 1 aromatic heterocycles. The highest BCUT2D eigenvalue weighted by Gasteiger charge is 2.22. The number of aromatic nitrogens is 1.